The van der Waals surface area contributed by atoms with Crippen LogP contribution in [0, 0.1) is 0 Å². The van der Waals surface area contributed by atoms with Crippen LogP contribution in [0.4, 0.5) is 8.78 Å². The molecule has 60 valence electrons. The third-order valence-electron chi connectivity index (χ3n) is 0.899. The van der Waals surface area contributed by atoms with Crippen LogP contribution in [0.2, 0.25) is 0 Å². The molecule has 0 heterocycles. The van der Waals surface area contributed by atoms with Gasteiger partial charge in [-0.25, -0.2) is 0 Å². The molecular formula is C7H12F2O. The van der Waals surface area contributed by atoms with Crippen molar-refractivity contribution in [3.05, 3.63) is 12.7 Å². The summed E-state index contributed by atoms with van der Waals surface area (Å²) in [4.78, 5) is 0. The Morgan fingerprint density at radius 2 is 2.20 bits per heavy atom. The predicted molar refractivity (Wildman–Crippen MR) is 36.0 cm³/mol. The van der Waals surface area contributed by atoms with Crippen LogP contribution in [0.3, 0.4) is 0 Å². The predicted octanol–water partition coefficient (Wildman–Crippen LogP) is 2.58. The summed E-state index contributed by atoms with van der Waals surface area (Å²) in [6, 6.07) is 0. The molecule has 0 aromatic heterocycles. The summed E-state index contributed by atoms with van der Waals surface area (Å²) in [5, 5.41) is 0. The SMILES string of the molecule is C=CCC(F)(F)OCCC. The Kier molecular flexibility index (Phi) is 4.19. The van der Waals surface area contributed by atoms with Crippen LogP contribution in [0.15, 0.2) is 12.7 Å². The third kappa shape index (κ3) is 4.44. The maximum atomic E-state index is 12.3. The molecule has 0 aliphatic carbocycles. The number of rotatable bonds is 5. The maximum Gasteiger partial charge on any atom is 0.359 e. The Hall–Kier alpha value is -0.440. The first-order valence-electron chi connectivity index (χ1n) is 3.25. The van der Waals surface area contributed by atoms with Crippen molar-refractivity contribution >= 4 is 0 Å². The Morgan fingerprint density at radius 1 is 1.60 bits per heavy atom. The van der Waals surface area contributed by atoms with Gasteiger partial charge in [-0.3, -0.25) is 0 Å². The second-order valence-electron chi connectivity index (χ2n) is 1.98. The molecule has 3 heteroatoms. The zero-order chi connectivity index (χ0) is 8.04. The molecule has 0 fully saturated rings. The molecule has 0 spiro atoms. The molecule has 0 aromatic carbocycles. The maximum absolute atomic E-state index is 12.3. The van der Waals surface area contributed by atoms with Crippen molar-refractivity contribution in [2.45, 2.75) is 25.9 Å². The lowest BCUT2D eigenvalue weighted by molar-refractivity contribution is -0.235. The van der Waals surface area contributed by atoms with Crippen molar-refractivity contribution in [2.24, 2.45) is 0 Å². The van der Waals surface area contributed by atoms with Crippen LogP contribution in [-0.2, 0) is 4.74 Å². The van der Waals surface area contributed by atoms with Crippen LogP contribution >= 0.6 is 0 Å². The Bertz CT molecular complexity index is 102. The minimum absolute atomic E-state index is 0.0981. The minimum Gasteiger partial charge on any atom is -0.320 e. The fourth-order valence-corrected chi connectivity index (χ4v) is 0.478. The average molecular weight is 150 g/mol. The first-order chi connectivity index (χ1) is 4.62. The highest BCUT2D eigenvalue weighted by atomic mass is 19.3. The van der Waals surface area contributed by atoms with E-state index in [0.29, 0.717) is 6.42 Å². The normalized spacial score (nSPS) is 11.5. The van der Waals surface area contributed by atoms with Gasteiger partial charge in [0.05, 0.1) is 13.0 Å². The fraction of sp³-hybridized carbons (Fsp3) is 0.714. The lowest BCUT2D eigenvalue weighted by atomic mass is 10.4. The van der Waals surface area contributed by atoms with Crippen molar-refractivity contribution in [1.29, 1.82) is 0 Å². The molecule has 1 nitrogen and oxygen atoms in total. The number of hydrogen-bond acceptors (Lipinski definition) is 1. The van der Waals surface area contributed by atoms with Crippen LogP contribution < -0.4 is 0 Å². The molecule has 0 atom stereocenters. The van der Waals surface area contributed by atoms with E-state index in [1.54, 1.807) is 6.92 Å². The number of halogens is 2. The van der Waals surface area contributed by atoms with E-state index in [1.165, 1.54) is 0 Å². The summed E-state index contributed by atoms with van der Waals surface area (Å²) in [5.74, 6) is 0. The van der Waals surface area contributed by atoms with Gasteiger partial charge in [-0.2, -0.15) is 8.78 Å². The molecule has 0 unspecified atom stereocenters. The van der Waals surface area contributed by atoms with Crippen molar-refractivity contribution in [3.8, 4) is 0 Å². The van der Waals surface area contributed by atoms with E-state index >= 15 is 0 Å². The largest absolute Gasteiger partial charge is 0.359 e. The van der Waals surface area contributed by atoms with E-state index in [2.05, 4.69) is 11.3 Å². The molecule has 0 aliphatic heterocycles. The minimum atomic E-state index is -3.02. The molecular weight excluding hydrogens is 138 g/mol. The highest BCUT2D eigenvalue weighted by Gasteiger charge is 2.26. The fourth-order valence-electron chi connectivity index (χ4n) is 0.478. The molecule has 0 radical (unpaired) electrons. The quantitative estimate of drug-likeness (QED) is 0.547. The zero-order valence-electron chi connectivity index (χ0n) is 6.07. The molecule has 0 rings (SSSR count). The standard InChI is InChI=1S/C7H12F2O/c1-3-5-7(8,9)10-6-4-2/h3H,1,4-6H2,2H3. The van der Waals surface area contributed by atoms with E-state index < -0.39 is 12.5 Å². The lowest BCUT2D eigenvalue weighted by Crippen LogP contribution is -2.19. The first-order valence-corrected chi connectivity index (χ1v) is 3.25. The molecule has 10 heavy (non-hydrogen) atoms. The molecule has 0 N–H and O–H groups in total. The summed E-state index contributed by atoms with van der Waals surface area (Å²) in [5.41, 5.74) is 0. The summed E-state index contributed by atoms with van der Waals surface area (Å²) >= 11 is 0. The molecule has 0 aliphatic rings. The molecule has 0 saturated heterocycles. The van der Waals surface area contributed by atoms with Gasteiger partial charge in [0.15, 0.2) is 0 Å². The van der Waals surface area contributed by atoms with Crippen molar-refractivity contribution in [2.75, 3.05) is 6.61 Å². The van der Waals surface area contributed by atoms with E-state index in [9.17, 15) is 8.78 Å². The summed E-state index contributed by atoms with van der Waals surface area (Å²) in [6.45, 7) is 5.07. The highest BCUT2D eigenvalue weighted by Crippen LogP contribution is 2.19. The lowest BCUT2D eigenvalue weighted by Gasteiger charge is -2.13. The molecule has 0 aromatic rings. The second kappa shape index (κ2) is 4.39. The highest BCUT2D eigenvalue weighted by molar-refractivity contribution is 4.71. The van der Waals surface area contributed by atoms with Gasteiger partial charge in [-0.1, -0.05) is 13.0 Å². The average Bonchev–Trinajstić information content (AvgIpc) is 1.84. The summed E-state index contributed by atoms with van der Waals surface area (Å²) in [6.07, 6.45) is -1.67. The van der Waals surface area contributed by atoms with E-state index in [4.69, 9.17) is 0 Å². The van der Waals surface area contributed by atoms with Gasteiger partial charge in [0.2, 0.25) is 0 Å². The topological polar surface area (TPSA) is 9.23 Å². The van der Waals surface area contributed by atoms with Crippen molar-refractivity contribution in [3.63, 3.8) is 0 Å². The second-order valence-corrected chi connectivity index (χ2v) is 1.98. The number of alkyl halides is 2. The van der Waals surface area contributed by atoms with Crippen LogP contribution in [0.25, 0.3) is 0 Å². The summed E-state index contributed by atoms with van der Waals surface area (Å²) < 4.78 is 28.8. The van der Waals surface area contributed by atoms with Crippen molar-refractivity contribution in [1.82, 2.24) is 0 Å². The first kappa shape index (κ1) is 9.56. The molecule has 0 amide bonds. The molecule has 0 saturated carbocycles. The van der Waals surface area contributed by atoms with Gasteiger partial charge in [-0.05, 0) is 6.42 Å². The zero-order valence-corrected chi connectivity index (χ0v) is 6.07. The Labute approximate surface area is 59.7 Å². The Balaban J connectivity index is 3.51. The van der Waals surface area contributed by atoms with Gasteiger partial charge in [-0.15, -0.1) is 6.58 Å². The summed E-state index contributed by atoms with van der Waals surface area (Å²) in [7, 11) is 0. The van der Waals surface area contributed by atoms with E-state index in [1.807, 2.05) is 0 Å². The Morgan fingerprint density at radius 3 is 2.60 bits per heavy atom. The van der Waals surface area contributed by atoms with Gasteiger partial charge in [0.25, 0.3) is 0 Å². The van der Waals surface area contributed by atoms with E-state index in [-0.39, 0.29) is 6.61 Å². The van der Waals surface area contributed by atoms with Crippen LogP contribution in [0.1, 0.15) is 19.8 Å². The van der Waals surface area contributed by atoms with Gasteiger partial charge in [0.1, 0.15) is 0 Å². The van der Waals surface area contributed by atoms with E-state index in [0.717, 1.165) is 6.08 Å². The van der Waals surface area contributed by atoms with Gasteiger partial charge >= 0.3 is 6.11 Å². The molecule has 0 bridgehead atoms. The number of ether oxygens (including phenoxy) is 1. The van der Waals surface area contributed by atoms with Crippen LogP contribution in [-0.4, -0.2) is 12.7 Å². The van der Waals surface area contributed by atoms with Crippen LogP contribution in [0.5, 0.6) is 0 Å². The van der Waals surface area contributed by atoms with Crippen molar-refractivity contribution < 1.29 is 13.5 Å². The van der Waals surface area contributed by atoms with Gasteiger partial charge < -0.3 is 4.74 Å². The monoisotopic (exact) mass is 150 g/mol. The smallest absolute Gasteiger partial charge is 0.320 e. The number of hydrogen-bond donors (Lipinski definition) is 0. The third-order valence-corrected chi connectivity index (χ3v) is 0.899. The van der Waals surface area contributed by atoms with Gasteiger partial charge in [0, 0.05) is 0 Å².